The van der Waals surface area contributed by atoms with Gasteiger partial charge in [-0.2, -0.15) is 18.3 Å². The molecule has 0 saturated carbocycles. The number of nitrogens with one attached hydrogen (secondary N) is 1. The minimum absolute atomic E-state index is 0.0487. The summed E-state index contributed by atoms with van der Waals surface area (Å²) in [7, 11) is 0. The number of H-pyrrole nitrogens is 1. The molecule has 0 aliphatic carbocycles. The lowest BCUT2D eigenvalue weighted by Gasteiger charge is -2.14. The summed E-state index contributed by atoms with van der Waals surface area (Å²) in [5.74, 6) is -2.44. The Morgan fingerprint density at radius 1 is 1.33 bits per heavy atom. The molecule has 0 radical (unpaired) electrons. The third-order valence-electron chi connectivity index (χ3n) is 3.44. The van der Waals surface area contributed by atoms with Crippen molar-refractivity contribution < 1.29 is 27.5 Å². The fourth-order valence-electron chi connectivity index (χ4n) is 2.39. The van der Waals surface area contributed by atoms with Gasteiger partial charge in [-0.05, 0) is 29.7 Å². The number of aromatic nitrogens is 2. The van der Waals surface area contributed by atoms with Gasteiger partial charge in [0.15, 0.2) is 0 Å². The molecule has 0 unspecified atom stereocenters. The number of aromatic amines is 1. The summed E-state index contributed by atoms with van der Waals surface area (Å²) in [5.41, 5.74) is -3.31. The van der Waals surface area contributed by atoms with Crippen LogP contribution in [-0.2, 0) is 19.0 Å². The van der Waals surface area contributed by atoms with Gasteiger partial charge >= 0.3 is 12.1 Å². The monoisotopic (exact) mass is 344 g/mol. The SMILES string of the molecule is CCc1c(Cc2ccc(F)c(C(=O)O)c2)n[nH]c(=O)c1C(F)(F)F. The largest absolute Gasteiger partial charge is 0.478 e. The van der Waals surface area contributed by atoms with E-state index in [-0.39, 0.29) is 29.7 Å². The van der Waals surface area contributed by atoms with E-state index in [0.717, 1.165) is 12.1 Å². The van der Waals surface area contributed by atoms with Crippen molar-refractivity contribution in [2.45, 2.75) is 25.9 Å². The molecule has 1 aromatic heterocycles. The van der Waals surface area contributed by atoms with Crippen LogP contribution in [0, 0.1) is 5.82 Å². The van der Waals surface area contributed by atoms with Gasteiger partial charge in [0.2, 0.25) is 0 Å². The molecule has 1 heterocycles. The number of hydrogen-bond acceptors (Lipinski definition) is 3. The van der Waals surface area contributed by atoms with E-state index in [0.29, 0.717) is 0 Å². The number of rotatable bonds is 4. The summed E-state index contributed by atoms with van der Waals surface area (Å²) in [6.07, 6.45) is -5.11. The van der Waals surface area contributed by atoms with Crippen LogP contribution in [0.25, 0.3) is 0 Å². The Morgan fingerprint density at radius 2 is 2.00 bits per heavy atom. The minimum Gasteiger partial charge on any atom is -0.478 e. The van der Waals surface area contributed by atoms with E-state index < -0.39 is 34.6 Å². The first-order chi connectivity index (χ1) is 11.1. The van der Waals surface area contributed by atoms with Crippen molar-refractivity contribution in [3.63, 3.8) is 0 Å². The second-order valence-corrected chi connectivity index (χ2v) is 5.00. The summed E-state index contributed by atoms with van der Waals surface area (Å²) in [6.45, 7) is 1.45. The molecule has 2 rings (SSSR count). The molecular weight excluding hydrogens is 332 g/mol. The fraction of sp³-hybridized carbons (Fsp3) is 0.267. The third-order valence-corrected chi connectivity index (χ3v) is 3.44. The standard InChI is InChI=1S/C15H12F4N2O3/c1-2-8-11(20-21-13(22)12(8)15(17,18)19)6-7-3-4-10(16)9(5-7)14(23)24/h3-5H,2,6H2,1H3,(H,21,22)(H,23,24). The smallest absolute Gasteiger partial charge is 0.422 e. The van der Waals surface area contributed by atoms with Gasteiger partial charge in [0.1, 0.15) is 11.4 Å². The Bertz CT molecular complexity index is 844. The molecule has 0 aliphatic heterocycles. The molecule has 2 aromatic rings. The maximum Gasteiger partial charge on any atom is 0.422 e. The Morgan fingerprint density at radius 3 is 2.54 bits per heavy atom. The zero-order valence-electron chi connectivity index (χ0n) is 12.4. The van der Waals surface area contributed by atoms with Gasteiger partial charge in [-0.3, -0.25) is 4.79 Å². The lowest BCUT2D eigenvalue weighted by molar-refractivity contribution is -0.139. The van der Waals surface area contributed by atoms with E-state index in [4.69, 9.17) is 5.11 Å². The van der Waals surface area contributed by atoms with Crippen LogP contribution in [0.2, 0.25) is 0 Å². The molecule has 24 heavy (non-hydrogen) atoms. The Kier molecular flexibility index (Phi) is 4.72. The van der Waals surface area contributed by atoms with Crippen molar-refractivity contribution in [2.75, 3.05) is 0 Å². The topological polar surface area (TPSA) is 83.0 Å². The quantitative estimate of drug-likeness (QED) is 0.836. The number of carbonyl (C=O) groups is 1. The van der Waals surface area contributed by atoms with Crippen LogP contribution in [0.5, 0.6) is 0 Å². The highest BCUT2D eigenvalue weighted by Crippen LogP contribution is 2.31. The van der Waals surface area contributed by atoms with Gasteiger partial charge in [-0.25, -0.2) is 14.3 Å². The highest BCUT2D eigenvalue weighted by atomic mass is 19.4. The molecule has 0 amide bonds. The van der Waals surface area contributed by atoms with Gasteiger partial charge in [-0.15, -0.1) is 0 Å². The Hall–Kier alpha value is -2.71. The number of nitrogens with zero attached hydrogens (tertiary/aromatic N) is 1. The molecule has 0 atom stereocenters. The maximum absolute atomic E-state index is 13.4. The van der Waals surface area contributed by atoms with E-state index in [1.54, 1.807) is 5.10 Å². The number of benzene rings is 1. The lowest BCUT2D eigenvalue weighted by Crippen LogP contribution is -2.27. The van der Waals surface area contributed by atoms with Gasteiger partial charge in [-0.1, -0.05) is 13.0 Å². The lowest BCUT2D eigenvalue weighted by atomic mass is 9.98. The summed E-state index contributed by atoms with van der Waals surface area (Å²) in [6, 6.07) is 3.19. The molecule has 1 aromatic carbocycles. The van der Waals surface area contributed by atoms with Crippen molar-refractivity contribution in [1.82, 2.24) is 10.2 Å². The molecular formula is C15H12F4N2O3. The third kappa shape index (κ3) is 3.44. The molecule has 9 heteroatoms. The average molecular weight is 344 g/mol. The van der Waals surface area contributed by atoms with Gasteiger partial charge in [0.05, 0.1) is 11.3 Å². The van der Waals surface area contributed by atoms with Crippen molar-refractivity contribution in [3.8, 4) is 0 Å². The normalized spacial score (nSPS) is 11.5. The molecule has 0 fully saturated rings. The second-order valence-electron chi connectivity index (χ2n) is 5.00. The number of carboxylic acid groups (broad SMARTS) is 1. The summed E-state index contributed by atoms with van der Waals surface area (Å²) >= 11 is 0. The number of carboxylic acids is 1. The van der Waals surface area contributed by atoms with E-state index in [1.165, 1.54) is 13.0 Å². The van der Waals surface area contributed by atoms with Gasteiger partial charge in [0.25, 0.3) is 5.56 Å². The van der Waals surface area contributed by atoms with Crippen molar-refractivity contribution in [1.29, 1.82) is 0 Å². The van der Waals surface area contributed by atoms with E-state index in [9.17, 15) is 27.2 Å². The Labute approximate surface area is 133 Å². The van der Waals surface area contributed by atoms with Crippen LogP contribution in [0.15, 0.2) is 23.0 Å². The second kappa shape index (κ2) is 6.42. The molecule has 0 bridgehead atoms. The molecule has 5 nitrogen and oxygen atoms in total. The predicted octanol–water partition coefficient (Wildman–Crippen LogP) is 2.78. The van der Waals surface area contributed by atoms with Crippen LogP contribution >= 0.6 is 0 Å². The predicted molar refractivity (Wildman–Crippen MR) is 75.4 cm³/mol. The highest BCUT2D eigenvalue weighted by molar-refractivity contribution is 5.88. The van der Waals surface area contributed by atoms with Crippen molar-refractivity contribution in [2.24, 2.45) is 0 Å². The first kappa shape index (κ1) is 17.6. The molecule has 0 saturated heterocycles. The molecule has 0 spiro atoms. The van der Waals surface area contributed by atoms with Crippen LogP contribution in [0.1, 0.15) is 39.7 Å². The molecule has 2 N–H and O–H groups in total. The minimum atomic E-state index is -4.84. The van der Waals surface area contributed by atoms with Crippen LogP contribution < -0.4 is 5.56 Å². The number of alkyl halides is 3. The maximum atomic E-state index is 13.4. The Balaban J connectivity index is 2.53. The summed E-state index contributed by atoms with van der Waals surface area (Å²) in [4.78, 5) is 22.4. The highest BCUT2D eigenvalue weighted by Gasteiger charge is 2.37. The zero-order chi connectivity index (χ0) is 18.1. The first-order valence-corrected chi connectivity index (χ1v) is 6.84. The molecule has 0 aliphatic rings. The van der Waals surface area contributed by atoms with E-state index in [2.05, 4.69) is 5.10 Å². The van der Waals surface area contributed by atoms with Crippen molar-refractivity contribution >= 4 is 5.97 Å². The van der Waals surface area contributed by atoms with Crippen LogP contribution in [0.4, 0.5) is 17.6 Å². The van der Waals surface area contributed by atoms with Crippen LogP contribution in [0.3, 0.4) is 0 Å². The zero-order valence-corrected chi connectivity index (χ0v) is 12.4. The number of aromatic carboxylic acids is 1. The first-order valence-electron chi connectivity index (χ1n) is 6.84. The van der Waals surface area contributed by atoms with Crippen molar-refractivity contribution in [3.05, 3.63) is 62.3 Å². The van der Waals surface area contributed by atoms with Gasteiger partial charge in [0, 0.05) is 6.42 Å². The fourth-order valence-corrected chi connectivity index (χ4v) is 2.39. The molecule has 128 valence electrons. The summed E-state index contributed by atoms with van der Waals surface area (Å²) in [5, 5.41) is 14.3. The van der Waals surface area contributed by atoms with Gasteiger partial charge < -0.3 is 5.11 Å². The van der Waals surface area contributed by atoms with E-state index in [1.807, 2.05) is 0 Å². The number of hydrogen-bond donors (Lipinski definition) is 2. The average Bonchev–Trinajstić information content (AvgIpc) is 2.48. The van der Waals surface area contributed by atoms with E-state index >= 15 is 0 Å². The summed E-state index contributed by atoms with van der Waals surface area (Å²) < 4.78 is 52.6. The number of halogens is 4. The van der Waals surface area contributed by atoms with Crippen LogP contribution in [-0.4, -0.2) is 21.3 Å².